The van der Waals surface area contributed by atoms with E-state index in [9.17, 15) is 14.0 Å². The number of hydrogen-bond acceptors (Lipinski definition) is 3. The highest BCUT2D eigenvalue weighted by Gasteiger charge is 2.06. The quantitative estimate of drug-likeness (QED) is 0.676. The number of benzene rings is 2. The normalized spacial score (nSPS) is 10.2. The van der Waals surface area contributed by atoms with E-state index in [0.29, 0.717) is 25.3 Å². The Hall–Kier alpha value is -2.89. The van der Waals surface area contributed by atoms with E-state index in [1.807, 2.05) is 31.2 Å². The molecule has 0 spiro atoms. The second kappa shape index (κ2) is 10.2. The maximum Gasteiger partial charge on any atom is 0.224 e. The molecule has 0 bridgehead atoms. The Morgan fingerprint density at radius 1 is 0.923 bits per heavy atom. The van der Waals surface area contributed by atoms with Crippen LogP contribution in [-0.4, -0.2) is 31.5 Å². The predicted octanol–water partition coefficient (Wildman–Crippen LogP) is 2.24. The lowest BCUT2D eigenvalue weighted by atomic mass is 10.1. The van der Waals surface area contributed by atoms with Crippen LogP contribution in [0.5, 0.6) is 5.75 Å². The lowest BCUT2D eigenvalue weighted by Crippen LogP contribution is -2.35. The summed E-state index contributed by atoms with van der Waals surface area (Å²) in [6.45, 7) is 3.18. The molecular formula is C20H23FN2O3. The Labute approximate surface area is 152 Å². The first-order valence-electron chi connectivity index (χ1n) is 8.56. The second-order valence-electron chi connectivity index (χ2n) is 5.76. The van der Waals surface area contributed by atoms with Gasteiger partial charge in [-0.05, 0) is 42.3 Å². The lowest BCUT2D eigenvalue weighted by Gasteiger charge is -2.08. The third-order valence-electron chi connectivity index (χ3n) is 3.62. The number of nitrogens with one attached hydrogen (secondary N) is 2. The van der Waals surface area contributed by atoms with Crippen LogP contribution in [0.3, 0.4) is 0 Å². The summed E-state index contributed by atoms with van der Waals surface area (Å²) in [6, 6.07) is 13.3. The van der Waals surface area contributed by atoms with Crippen molar-refractivity contribution in [2.75, 3.05) is 19.7 Å². The molecule has 0 aliphatic heterocycles. The number of rotatable bonds is 9. The molecule has 5 nitrogen and oxygen atoms in total. The molecule has 2 amide bonds. The van der Waals surface area contributed by atoms with Gasteiger partial charge < -0.3 is 15.4 Å². The minimum Gasteiger partial charge on any atom is -0.494 e. The summed E-state index contributed by atoms with van der Waals surface area (Å²) in [5, 5.41) is 5.45. The molecule has 0 saturated carbocycles. The van der Waals surface area contributed by atoms with Gasteiger partial charge in [0.2, 0.25) is 11.8 Å². The summed E-state index contributed by atoms with van der Waals surface area (Å²) >= 11 is 0. The van der Waals surface area contributed by atoms with Crippen LogP contribution in [0.15, 0.2) is 48.5 Å². The lowest BCUT2D eigenvalue weighted by molar-refractivity contribution is -0.122. The average molecular weight is 358 g/mol. The number of hydrogen-bond donors (Lipinski definition) is 2. The van der Waals surface area contributed by atoms with Gasteiger partial charge in [0, 0.05) is 13.1 Å². The Balaban J connectivity index is 1.64. The number of amides is 2. The Morgan fingerprint density at radius 2 is 1.54 bits per heavy atom. The highest BCUT2D eigenvalue weighted by molar-refractivity contribution is 5.79. The maximum absolute atomic E-state index is 13.1. The highest BCUT2D eigenvalue weighted by atomic mass is 19.1. The molecule has 2 aromatic rings. The maximum atomic E-state index is 13.1. The van der Waals surface area contributed by atoms with Crippen molar-refractivity contribution in [3.05, 3.63) is 65.5 Å². The van der Waals surface area contributed by atoms with E-state index in [2.05, 4.69) is 10.6 Å². The molecule has 2 aromatic carbocycles. The number of halogens is 1. The van der Waals surface area contributed by atoms with Gasteiger partial charge in [-0.15, -0.1) is 0 Å². The van der Waals surface area contributed by atoms with Crippen LogP contribution in [0.4, 0.5) is 4.39 Å². The first-order chi connectivity index (χ1) is 12.6. The summed E-state index contributed by atoms with van der Waals surface area (Å²) in [7, 11) is 0. The molecule has 0 unspecified atom stereocenters. The molecule has 0 atom stereocenters. The fourth-order valence-electron chi connectivity index (χ4n) is 2.42. The molecule has 138 valence electrons. The minimum absolute atomic E-state index is 0.109. The van der Waals surface area contributed by atoms with Gasteiger partial charge >= 0.3 is 0 Å². The van der Waals surface area contributed by atoms with Crippen LogP contribution in [0, 0.1) is 5.82 Å². The number of carbonyl (C=O) groups is 2. The van der Waals surface area contributed by atoms with Crippen molar-refractivity contribution in [2.24, 2.45) is 0 Å². The van der Waals surface area contributed by atoms with E-state index in [0.717, 1.165) is 11.3 Å². The van der Waals surface area contributed by atoms with Crippen LogP contribution >= 0.6 is 0 Å². The SMILES string of the molecule is CCOc1ccc(CC(=O)NCCNC(=O)Cc2cccc(F)c2)cc1. The van der Waals surface area contributed by atoms with Gasteiger partial charge in [0.15, 0.2) is 0 Å². The van der Waals surface area contributed by atoms with Crippen LogP contribution in [-0.2, 0) is 22.4 Å². The van der Waals surface area contributed by atoms with Gasteiger partial charge in [0.05, 0.1) is 19.4 Å². The molecular weight excluding hydrogens is 335 g/mol. The molecule has 0 radical (unpaired) electrons. The molecule has 0 heterocycles. The first-order valence-corrected chi connectivity index (χ1v) is 8.56. The number of carbonyl (C=O) groups excluding carboxylic acids is 2. The Morgan fingerprint density at radius 3 is 2.12 bits per heavy atom. The Bertz CT molecular complexity index is 732. The van der Waals surface area contributed by atoms with Gasteiger partial charge in [-0.3, -0.25) is 9.59 Å². The van der Waals surface area contributed by atoms with E-state index in [1.54, 1.807) is 12.1 Å². The molecule has 0 saturated heterocycles. The van der Waals surface area contributed by atoms with Crippen LogP contribution < -0.4 is 15.4 Å². The fraction of sp³-hybridized carbons (Fsp3) is 0.300. The van der Waals surface area contributed by atoms with Crippen molar-refractivity contribution in [2.45, 2.75) is 19.8 Å². The predicted molar refractivity (Wildman–Crippen MR) is 97.4 cm³/mol. The fourth-order valence-corrected chi connectivity index (χ4v) is 2.42. The van der Waals surface area contributed by atoms with Gasteiger partial charge in [-0.25, -0.2) is 4.39 Å². The number of ether oxygens (including phenoxy) is 1. The van der Waals surface area contributed by atoms with Gasteiger partial charge in [-0.1, -0.05) is 24.3 Å². The van der Waals surface area contributed by atoms with Crippen molar-refractivity contribution in [3.8, 4) is 5.75 Å². The minimum atomic E-state index is -0.364. The summed E-state index contributed by atoms with van der Waals surface area (Å²) in [4.78, 5) is 23.7. The summed E-state index contributed by atoms with van der Waals surface area (Å²) < 4.78 is 18.4. The standard InChI is InChI=1S/C20H23FN2O3/c1-2-26-18-8-6-15(7-9-18)13-19(24)22-10-11-23-20(25)14-16-4-3-5-17(21)12-16/h3-9,12H,2,10-11,13-14H2,1H3,(H,22,24)(H,23,25). The summed E-state index contributed by atoms with van der Waals surface area (Å²) in [5.74, 6) is 0.0828. The van der Waals surface area contributed by atoms with Crippen molar-refractivity contribution in [1.29, 1.82) is 0 Å². The molecule has 6 heteroatoms. The van der Waals surface area contributed by atoms with E-state index in [1.165, 1.54) is 12.1 Å². The molecule has 26 heavy (non-hydrogen) atoms. The zero-order valence-corrected chi connectivity index (χ0v) is 14.8. The monoisotopic (exact) mass is 358 g/mol. The average Bonchev–Trinajstić information content (AvgIpc) is 2.61. The molecule has 0 aliphatic carbocycles. The van der Waals surface area contributed by atoms with Gasteiger partial charge in [0.25, 0.3) is 0 Å². The van der Waals surface area contributed by atoms with Crippen LogP contribution in [0.25, 0.3) is 0 Å². The van der Waals surface area contributed by atoms with Crippen molar-refractivity contribution in [3.63, 3.8) is 0 Å². The topological polar surface area (TPSA) is 67.4 Å². The molecule has 0 aromatic heterocycles. The third kappa shape index (κ3) is 6.93. The largest absolute Gasteiger partial charge is 0.494 e. The van der Waals surface area contributed by atoms with E-state index in [4.69, 9.17) is 4.74 Å². The van der Waals surface area contributed by atoms with Crippen LogP contribution in [0.2, 0.25) is 0 Å². The van der Waals surface area contributed by atoms with Crippen molar-refractivity contribution >= 4 is 11.8 Å². The molecule has 0 fully saturated rings. The summed E-state index contributed by atoms with van der Waals surface area (Å²) in [6.07, 6.45) is 0.377. The highest BCUT2D eigenvalue weighted by Crippen LogP contribution is 2.12. The Kier molecular flexibility index (Phi) is 7.61. The van der Waals surface area contributed by atoms with Crippen LogP contribution in [0.1, 0.15) is 18.1 Å². The van der Waals surface area contributed by atoms with E-state index in [-0.39, 0.29) is 30.5 Å². The summed E-state index contributed by atoms with van der Waals surface area (Å²) in [5.41, 5.74) is 1.50. The smallest absolute Gasteiger partial charge is 0.224 e. The van der Waals surface area contributed by atoms with Crippen molar-refractivity contribution < 1.29 is 18.7 Å². The third-order valence-corrected chi connectivity index (χ3v) is 3.62. The molecule has 2 N–H and O–H groups in total. The first kappa shape index (κ1) is 19.4. The van der Waals surface area contributed by atoms with Crippen molar-refractivity contribution in [1.82, 2.24) is 10.6 Å². The van der Waals surface area contributed by atoms with E-state index < -0.39 is 0 Å². The molecule has 2 rings (SSSR count). The zero-order chi connectivity index (χ0) is 18.8. The van der Waals surface area contributed by atoms with Gasteiger partial charge in [-0.2, -0.15) is 0 Å². The second-order valence-corrected chi connectivity index (χ2v) is 5.76. The van der Waals surface area contributed by atoms with Gasteiger partial charge in [0.1, 0.15) is 11.6 Å². The molecule has 0 aliphatic rings. The zero-order valence-electron chi connectivity index (χ0n) is 14.8. The van der Waals surface area contributed by atoms with E-state index >= 15 is 0 Å².